The van der Waals surface area contributed by atoms with Gasteiger partial charge in [0.05, 0.1) is 0 Å². The number of anilines is 1. The minimum absolute atomic E-state index is 0.0428. The Bertz CT molecular complexity index is 438. The molecule has 1 aromatic heterocycles. The van der Waals surface area contributed by atoms with Gasteiger partial charge in [0.25, 0.3) is 5.91 Å². The highest BCUT2D eigenvalue weighted by atomic mass is 16.2. The van der Waals surface area contributed by atoms with Crippen molar-refractivity contribution in [3.8, 4) is 0 Å². The van der Waals surface area contributed by atoms with E-state index in [1.54, 1.807) is 19.0 Å². The maximum Gasteiger partial charge on any atom is 0.273 e. The first kappa shape index (κ1) is 12.9. The van der Waals surface area contributed by atoms with Gasteiger partial charge >= 0.3 is 0 Å². The second kappa shape index (κ2) is 5.00. The molecule has 1 unspecified atom stereocenters. The number of amides is 1. The Kier molecular flexibility index (Phi) is 3.59. The molecule has 2 heterocycles. The Labute approximate surface area is 108 Å². The molecule has 0 aromatic carbocycles. The van der Waals surface area contributed by atoms with Gasteiger partial charge in [0.15, 0.2) is 5.69 Å². The molecule has 5 heteroatoms. The van der Waals surface area contributed by atoms with Crippen LogP contribution in [0.1, 0.15) is 30.8 Å². The molecular formula is C13H22N4O. The summed E-state index contributed by atoms with van der Waals surface area (Å²) in [6, 6.07) is 1.84. The molecule has 5 nitrogen and oxygen atoms in total. The van der Waals surface area contributed by atoms with Gasteiger partial charge in [-0.1, -0.05) is 20.3 Å². The van der Waals surface area contributed by atoms with Gasteiger partial charge in [-0.2, -0.15) is 5.10 Å². The molecule has 1 aliphatic rings. The predicted octanol–water partition coefficient (Wildman–Crippen LogP) is 1.67. The van der Waals surface area contributed by atoms with Crippen molar-refractivity contribution < 1.29 is 4.79 Å². The standard InChI is InChI=1S/C13H22N4O/c1-5-9(2)10-7-14-12-6-11(13(18)16(3)4)15-17(12)8-10/h6,9-10,14H,5,7-8H2,1-4H3/t9?,10-/m1/s1. The van der Waals surface area contributed by atoms with E-state index in [1.165, 1.54) is 6.42 Å². The quantitative estimate of drug-likeness (QED) is 0.888. The Morgan fingerprint density at radius 3 is 3.00 bits per heavy atom. The van der Waals surface area contributed by atoms with E-state index >= 15 is 0 Å². The van der Waals surface area contributed by atoms with Crippen LogP contribution in [0.4, 0.5) is 5.82 Å². The lowest BCUT2D eigenvalue weighted by Gasteiger charge is -2.28. The lowest BCUT2D eigenvalue weighted by atomic mass is 9.91. The second-order valence-electron chi connectivity index (χ2n) is 5.32. The highest BCUT2D eigenvalue weighted by Gasteiger charge is 2.25. The van der Waals surface area contributed by atoms with Crippen molar-refractivity contribution in [2.45, 2.75) is 26.8 Å². The van der Waals surface area contributed by atoms with Crippen molar-refractivity contribution in [1.29, 1.82) is 0 Å². The van der Waals surface area contributed by atoms with Gasteiger partial charge in [0, 0.05) is 33.3 Å². The highest BCUT2D eigenvalue weighted by molar-refractivity contribution is 5.92. The molecule has 0 spiro atoms. The number of carbonyl (C=O) groups is 1. The zero-order chi connectivity index (χ0) is 13.3. The third-order valence-electron chi connectivity index (χ3n) is 3.81. The van der Waals surface area contributed by atoms with E-state index in [2.05, 4.69) is 24.3 Å². The molecule has 0 saturated heterocycles. The van der Waals surface area contributed by atoms with E-state index in [-0.39, 0.29) is 5.91 Å². The number of carbonyl (C=O) groups excluding carboxylic acids is 1. The van der Waals surface area contributed by atoms with Crippen molar-refractivity contribution in [3.63, 3.8) is 0 Å². The van der Waals surface area contributed by atoms with Crippen LogP contribution in [-0.4, -0.2) is 41.2 Å². The number of fused-ring (bicyclic) bond motifs is 1. The fraction of sp³-hybridized carbons (Fsp3) is 0.692. The van der Waals surface area contributed by atoms with Crippen LogP contribution in [0.3, 0.4) is 0 Å². The summed E-state index contributed by atoms with van der Waals surface area (Å²) in [5, 5.41) is 7.77. The fourth-order valence-corrected chi connectivity index (χ4v) is 2.27. The molecular weight excluding hydrogens is 228 g/mol. The van der Waals surface area contributed by atoms with E-state index in [0.717, 1.165) is 18.9 Å². The van der Waals surface area contributed by atoms with Gasteiger partial charge in [-0.3, -0.25) is 4.79 Å². The summed E-state index contributed by atoms with van der Waals surface area (Å²) in [5.41, 5.74) is 0.521. The Hall–Kier alpha value is -1.52. The van der Waals surface area contributed by atoms with E-state index in [0.29, 0.717) is 17.5 Å². The van der Waals surface area contributed by atoms with Crippen LogP contribution in [0.25, 0.3) is 0 Å². The Morgan fingerprint density at radius 2 is 2.39 bits per heavy atom. The van der Waals surface area contributed by atoms with E-state index in [9.17, 15) is 4.79 Å². The maximum atomic E-state index is 11.9. The molecule has 18 heavy (non-hydrogen) atoms. The first-order valence-corrected chi connectivity index (χ1v) is 6.56. The fourth-order valence-electron chi connectivity index (χ4n) is 2.27. The second-order valence-corrected chi connectivity index (χ2v) is 5.32. The van der Waals surface area contributed by atoms with Crippen molar-refractivity contribution >= 4 is 11.7 Å². The van der Waals surface area contributed by atoms with Gasteiger partial charge in [-0.15, -0.1) is 0 Å². The number of hydrogen-bond donors (Lipinski definition) is 1. The minimum atomic E-state index is -0.0428. The minimum Gasteiger partial charge on any atom is -0.370 e. The van der Waals surface area contributed by atoms with Crippen LogP contribution < -0.4 is 5.32 Å². The van der Waals surface area contributed by atoms with Crippen LogP contribution in [0, 0.1) is 11.8 Å². The van der Waals surface area contributed by atoms with Crippen molar-refractivity contribution in [3.05, 3.63) is 11.8 Å². The Balaban J connectivity index is 2.16. The van der Waals surface area contributed by atoms with Crippen LogP contribution in [0.15, 0.2) is 6.07 Å². The third kappa shape index (κ3) is 2.35. The Morgan fingerprint density at radius 1 is 1.67 bits per heavy atom. The number of aromatic nitrogens is 2. The molecule has 1 aliphatic heterocycles. The van der Waals surface area contributed by atoms with E-state index in [1.807, 2.05) is 10.7 Å². The molecule has 0 radical (unpaired) electrons. The average Bonchev–Trinajstić information content (AvgIpc) is 2.79. The summed E-state index contributed by atoms with van der Waals surface area (Å²) in [6.45, 7) is 6.35. The van der Waals surface area contributed by atoms with Gasteiger partial charge in [-0.05, 0) is 11.8 Å². The number of nitrogens with one attached hydrogen (secondary N) is 1. The van der Waals surface area contributed by atoms with Crippen molar-refractivity contribution in [2.75, 3.05) is 26.0 Å². The van der Waals surface area contributed by atoms with E-state index in [4.69, 9.17) is 0 Å². The van der Waals surface area contributed by atoms with Gasteiger partial charge in [0.1, 0.15) is 5.82 Å². The zero-order valence-electron chi connectivity index (χ0n) is 11.6. The normalized spacial score (nSPS) is 19.9. The summed E-state index contributed by atoms with van der Waals surface area (Å²) in [7, 11) is 3.49. The predicted molar refractivity (Wildman–Crippen MR) is 71.7 cm³/mol. The van der Waals surface area contributed by atoms with Crippen molar-refractivity contribution in [1.82, 2.24) is 14.7 Å². The summed E-state index contributed by atoms with van der Waals surface area (Å²) >= 11 is 0. The monoisotopic (exact) mass is 250 g/mol. The molecule has 0 aliphatic carbocycles. The highest BCUT2D eigenvalue weighted by Crippen LogP contribution is 2.25. The smallest absolute Gasteiger partial charge is 0.273 e. The molecule has 0 saturated carbocycles. The summed E-state index contributed by atoms with van der Waals surface area (Å²) in [6.07, 6.45) is 1.17. The lowest BCUT2D eigenvalue weighted by Crippen LogP contribution is -2.32. The van der Waals surface area contributed by atoms with Crippen molar-refractivity contribution in [2.24, 2.45) is 11.8 Å². The molecule has 2 atom stereocenters. The summed E-state index contributed by atoms with van der Waals surface area (Å²) < 4.78 is 1.93. The molecule has 1 N–H and O–H groups in total. The topological polar surface area (TPSA) is 50.2 Å². The van der Waals surface area contributed by atoms with Crippen LogP contribution >= 0.6 is 0 Å². The largest absolute Gasteiger partial charge is 0.370 e. The summed E-state index contributed by atoms with van der Waals surface area (Å²) in [4.78, 5) is 13.4. The number of nitrogens with zero attached hydrogens (tertiary/aromatic N) is 3. The van der Waals surface area contributed by atoms with Crippen LogP contribution in [-0.2, 0) is 6.54 Å². The van der Waals surface area contributed by atoms with Crippen LogP contribution in [0.5, 0.6) is 0 Å². The first-order chi connectivity index (χ1) is 8.52. The van der Waals surface area contributed by atoms with Gasteiger partial charge in [0.2, 0.25) is 0 Å². The van der Waals surface area contributed by atoms with Crippen LogP contribution in [0.2, 0.25) is 0 Å². The average molecular weight is 250 g/mol. The summed E-state index contributed by atoms with van der Waals surface area (Å²) in [5.74, 6) is 2.17. The molecule has 0 bridgehead atoms. The van der Waals surface area contributed by atoms with Gasteiger partial charge in [-0.25, -0.2) is 4.68 Å². The lowest BCUT2D eigenvalue weighted by molar-refractivity contribution is 0.0820. The van der Waals surface area contributed by atoms with E-state index < -0.39 is 0 Å². The SMILES string of the molecule is CCC(C)[C@@H]1CNc2cc(C(=O)N(C)C)nn2C1. The van der Waals surface area contributed by atoms with Gasteiger partial charge < -0.3 is 10.2 Å². The first-order valence-electron chi connectivity index (χ1n) is 6.56. The zero-order valence-corrected chi connectivity index (χ0v) is 11.6. The molecule has 0 fully saturated rings. The maximum absolute atomic E-state index is 11.9. The third-order valence-corrected chi connectivity index (χ3v) is 3.81. The molecule has 2 rings (SSSR count). The molecule has 1 aromatic rings. The number of rotatable bonds is 3. The molecule has 100 valence electrons. The molecule has 1 amide bonds. The number of hydrogen-bond acceptors (Lipinski definition) is 3.